The Morgan fingerprint density at radius 2 is 1.89 bits per heavy atom. The van der Waals surface area contributed by atoms with Crippen molar-refractivity contribution in [1.82, 2.24) is 5.32 Å². The number of aryl methyl sites for hydroxylation is 1. The van der Waals surface area contributed by atoms with Crippen molar-refractivity contribution in [2.24, 2.45) is 0 Å². The number of amides is 1. The van der Waals surface area contributed by atoms with Crippen LogP contribution in [0.3, 0.4) is 0 Å². The molecule has 0 spiro atoms. The minimum absolute atomic E-state index is 0.00248. The Hall–Kier alpha value is -2.75. The number of nitrogens with one attached hydrogen (secondary N) is 2. The van der Waals surface area contributed by atoms with Crippen LogP contribution in [-0.2, 0) is 0 Å². The van der Waals surface area contributed by atoms with E-state index in [9.17, 15) is 24.8 Å². The van der Waals surface area contributed by atoms with Crippen LogP contribution in [0.2, 0.25) is 10.0 Å². The topological polar surface area (TPSA) is 122 Å². The van der Waals surface area contributed by atoms with E-state index in [1.165, 1.54) is 37.3 Å². The van der Waals surface area contributed by atoms with Crippen molar-refractivity contribution in [2.75, 3.05) is 5.32 Å². The summed E-state index contributed by atoms with van der Waals surface area (Å²) in [6.07, 6.45) is 0. The highest BCUT2D eigenvalue weighted by atomic mass is 35.5. The summed E-state index contributed by atoms with van der Waals surface area (Å²) >= 11 is 16.8. The van der Waals surface area contributed by atoms with Gasteiger partial charge < -0.3 is 10.4 Å². The number of aromatic carboxylic acids is 1. The predicted molar refractivity (Wildman–Crippen MR) is 105 cm³/mol. The van der Waals surface area contributed by atoms with Crippen LogP contribution in [0.25, 0.3) is 0 Å². The summed E-state index contributed by atoms with van der Waals surface area (Å²) in [5, 5.41) is 24.9. The first-order valence-corrected chi connectivity index (χ1v) is 8.36. The zero-order valence-electron chi connectivity index (χ0n) is 13.6. The van der Waals surface area contributed by atoms with E-state index in [1.54, 1.807) is 0 Å². The summed E-state index contributed by atoms with van der Waals surface area (Å²) in [6.45, 7) is 1.50. The van der Waals surface area contributed by atoms with Gasteiger partial charge in [0.1, 0.15) is 0 Å². The van der Waals surface area contributed by atoms with Crippen LogP contribution in [0.4, 0.5) is 11.4 Å². The molecule has 0 aliphatic rings. The number of nitro benzene ring substituents is 1. The number of nitrogens with zero attached hydrogens (tertiary/aromatic N) is 1. The Kier molecular flexibility index (Phi) is 6.32. The van der Waals surface area contributed by atoms with Gasteiger partial charge in [0.2, 0.25) is 0 Å². The summed E-state index contributed by atoms with van der Waals surface area (Å²) < 4.78 is 0. The monoisotopic (exact) mass is 427 g/mol. The van der Waals surface area contributed by atoms with Crippen molar-refractivity contribution in [3.63, 3.8) is 0 Å². The number of hydrogen-bond acceptors (Lipinski definition) is 5. The Balaban J connectivity index is 2.19. The molecular weight excluding hydrogens is 417 g/mol. The molecule has 0 bridgehead atoms. The smallest absolute Gasteiger partial charge is 0.337 e. The van der Waals surface area contributed by atoms with Gasteiger partial charge in [-0.05, 0) is 43.4 Å². The molecule has 1 amide bonds. The normalized spacial score (nSPS) is 10.2. The van der Waals surface area contributed by atoms with Gasteiger partial charge in [-0.25, -0.2) is 4.79 Å². The first-order valence-electron chi connectivity index (χ1n) is 7.20. The molecule has 2 rings (SSSR count). The lowest BCUT2D eigenvalue weighted by Crippen LogP contribution is -2.34. The molecule has 0 radical (unpaired) electrons. The summed E-state index contributed by atoms with van der Waals surface area (Å²) in [7, 11) is 0. The lowest BCUT2D eigenvalue weighted by atomic mass is 10.1. The molecule has 2 aromatic carbocycles. The van der Waals surface area contributed by atoms with Crippen LogP contribution in [0, 0.1) is 17.0 Å². The Bertz CT molecular complexity index is 981. The third-order valence-electron chi connectivity index (χ3n) is 3.41. The molecule has 0 aliphatic heterocycles. The molecule has 27 heavy (non-hydrogen) atoms. The van der Waals surface area contributed by atoms with Crippen molar-refractivity contribution in [2.45, 2.75) is 6.92 Å². The standard InChI is InChI=1S/C16H11Cl2N3O5S/c1-7-4-8(2-3-12(7)21(25)26)14(22)20-16(27)19-13-10(15(23)24)5-9(17)6-11(13)18/h2-6H,1H3,(H,23,24)(H2,19,20,22,27). The summed E-state index contributed by atoms with van der Waals surface area (Å²) in [4.78, 5) is 33.9. The van der Waals surface area contributed by atoms with E-state index in [0.29, 0.717) is 5.56 Å². The third-order valence-corrected chi connectivity index (χ3v) is 4.13. The van der Waals surface area contributed by atoms with Gasteiger partial charge in [0.05, 0.1) is 21.2 Å². The van der Waals surface area contributed by atoms with Crippen molar-refractivity contribution in [3.8, 4) is 0 Å². The SMILES string of the molecule is Cc1cc(C(=O)NC(=S)Nc2c(Cl)cc(Cl)cc2C(=O)O)ccc1[N+](=O)[O-]. The number of carbonyl (C=O) groups is 2. The molecule has 2 aromatic rings. The van der Waals surface area contributed by atoms with Crippen molar-refractivity contribution in [3.05, 3.63) is 67.2 Å². The van der Waals surface area contributed by atoms with Gasteiger partial charge in [-0.2, -0.15) is 0 Å². The van der Waals surface area contributed by atoms with Gasteiger partial charge in [0.25, 0.3) is 11.6 Å². The van der Waals surface area contributed by atoms with Crippen LogP contribution in [0.15, 0.2) is 30.3 Å². The van der Waals surface area contributed by atoms with E-state index in [1.807, 2.05) is 0 Å². The number of carboxylic acid groups (broad SMARTS) is 1. The Morgan fingerprint density at radius 1 is 1.22 bits per heavy atom. The fourth-order valence-electron chi connectivity index (χ4n) is 2.19. The van der Waals surface area contributed by atoms with Crippen molar-refractivity contribution < 1.29 is 19.6 Å². The zero-order valence-corrected chi connectivity index (χ0v) is 15.9. The second-order valence-corrected chi connectivity index (χ2v) is 6.53. The van der Waals surface area contributed by atoms with Gasteiger partial charge in [0.15, 0.2) is 5.11 Å². The maximum absolute atomic E-state index is 12.3. The molecule has 0 unspecified atom stereocenters. The maximum Gasteiger partial charge on any atom is 0.337 e. The van der Waals surface area contributed by atoms with E-state index < -0.39 is 16.8 Å². The van der Waals surface area contributed by atoms with Crippen LogP contribution in [-0.4, -0.2) is 27.0 Å². The zero-order chi connectivity index (χ0) is 20.3. The van der Waals surface area contributed by atoms with Crippen LogP contribution in [0.5, 0.6) is 0 Å². The second kappa shape index (κ2) is 8.30. The van der Waals surface area contributed by atoms with Gasteiger partial charge in [-0.3, -0.25) is 20.2 Å². The highest BCUT2D eigenvalue weighted by Crippen LogP contribution is 2.30. The van der Waals surface area contributed by atoms with Crippen LogP contribution >= 0.6 is 35.4 Å². The number of rotatable bonds is 4. The first kappa shape index (κ1) is 20.6. The lowest BCUT2D eigenvalue weighted by Gasteiger charge is -2.14. The fourth-order valence-corrected chi connectivity index (χ4v) is 2.93. The average Bonchev–Trinajstić information content (AvgIpc) is 2.56. The molecule has 8 nitrogen and oxygen atoms in total. The molecule has 0 heterocycles. The van der Waals surface area contributed by atoms with Gasteiger partial charge in [0, 0.05) is 22.2 Å². The average molecular weight is 428 g/mol. The van der Waals surface area contributed by atoms with Crippen molar-refractivity contribution >= 4 is 63.8 Å². The number of carbonyl (C=O) groups excluding carboxylic acids is 1. The maximum atomic E-state index is 12.3. The molecule has 0 aliphatic carbocycles. The Labute approximate surface area is 168 Å². The molecule has 140 valence electrons. The second-order valence-electron chi connectivity index (χ2n) is 5.28. The quantitative estimate of drug-likeness (QED) is 0.382. The largest absolute Gasteiger partial charge is 0.478 e. The molecular formula is C16H11Cl2N3O5S. The molecule has 0 fully saturated rings. The minimum Gasteiger partial charge on any atom is -0.478 e. The van der Waals surface area contributed by atoms with E-state index in [4.69, 9.17) is 35.4 Å². The molecule has 11 heteroatoms. The van der Waals surface area contributed by atoms with Crippen LogP contribution in [0.1, 0.15) is 26.3 Å². The van der Waals surface area contributed by atoms with Crippen molar-refractivity contribution in [1.29, 1.82) is 0 Å². The van der Waals surface area contributed by atoms with E-state index in [0.717, 1.165) is 0 Å². The van der Waals surface area contributed by atoms with E-state index in [2.05, 4.69) is 10.6 Å². The number of benzene rings is 2. The number of anilines is 1. The number of nitro groups is 1. The first-order chi connectivity index (χ1) is 12.6. The minimum atomic E-state index is -1.29. The number of carboxylic acids is 1. The lowest BCUT2D eigenvalue weighted by molar-refractivity contribution is -0.385. The van der Waals surface area contributed by atoms with Gasteiger partial charge in [-0.15, -0.1) is 0 Å². The summed E-state index contributed by atoms with van der Waals surface area (Å²) in [5.41, 5.74) is 0.0728. The molecule has 0 saturated carbocycles. The third kappa shape index (κ3) is 4.91. The molecule has 0 saturated heterocycles. The van der Waals surface area contributed by atoms with Gasteiger partial charge >= 0.3 is 5.97 Å². The molecule has 0 atom stereocenters. The summed E-state index contributed by atoms with van der Waals surface area (Å²) in [5.74, 6) is -1.92. The number of halogens is 2. The summed E-state index contributed by atoms with van der Waals surface area (Å²) in [6, 6.07) is 6.33. The predicted octanol–water partition coefficient (Wildman–Crippen LogP) is 4.04. The number of hydrogen-bond donors (Lipinski definition) is 3. The Morgan fingerprint density at radius 3 is 2.44 bits per heavy atom. The van der Waals surface area contributed by atoms with Crippen LogP contribution < -0.4 is 10.6 Å². The van der Waals surface area contributed by atoms with E-state index >= 15 is 0 Å². The highest BCUT2D eigenvalue weighted by molar-refractivity contribution is 7.80. The van der Waals surface area contributed by atoms with E-state index in [-0.39, 0.29) is 37.7 Å². The molecule has 0 aromatic heterocycles. The van der Waals surface area contributed by atoms with Gasteiger partial charge in [-0.1, -0.05) is 23.2 Å². The fraction of sp³-hybridized carbons (Fsp3) is 0.0625. The highest BCUT2D eigenvalue weighted by Gasteiger charge is 2.18. The number of thiocarbonyl (C=S) groups is 1. The molecule has 3 N–H and O–H groups in total.